The van der Waals surface area contributed by atoms with Gasteiger partial charge in [0.05, 0.1) is 0 Å². The maximum atomic E-state index is 13.0. The number of hydrogen-bond acceptors (Lipinski definition) is 7. The molecule has 9 nitrogen and oxygen atoms in total. The summed E-state index contributed by atoms with van der Waals surface area (Å²) in [4.78, 5) is 31.4. The zero-order valence-corrected chi connectivity index (χ0v) is 23.5. The number of nitrogens with one attached hydrogen (secondary N) is 2. The molecule has 0 aliphatic carbocycles. The van der Waals surface area contributed by atoms with Crippen LogP contribution in [0.5, 0.6) is 0 Å². The summed E-state index contributed by atoms with van der Waals surface area (Å²) in [5, 5.41) is 9.40. The number of pyridine rings is 1. The van der Waals surface area contributed by atoms with Crippen molar-refractivity contribution in [2.45, 2.75) is 56.8 Å². The van der Waals surface area contributed by atoms with E-state index in [9.17, 15) is 22.8 Å². The molecule has 4 rings (SSSR count). The highest BCUT2D eigenvalue weighted by atomic mass is 19.4. The molecule has 4 unspecified atom stereocenters. The van der Waals surface area contributed by atoms with Gasteiger partial charge in [0.25, 0.3) is 0 Å². The van der Waals surface area contributed by atoms with E-state index in [1.165, 1.54) is 0 Å². The molecule has 42 heavy (non-hydrogen) atoms. The molecule has 0 bridgehead atoms. The van der Waals surface area contributed by atoms with E-state index >= 15 is 0 Å². The fourth-order valence-corrected chi connectivity index (χ4v) is 5.46. The van der Waals surface area contributed by atoms with Crippen molar-refractivity contribution in [2.24, 2.45) is 11.7 Å². The lowest BCUT2D eigenvalue weighted by atomic mass is 9.88. The Bertz CT molecular complexity index is 1290. The normalized spacial score (nSPS) is 18.2. The zero-order chi connectivity index (χ0) is 30.1. The summed E-state index contributed by atoms with van der Waals surface area (Å²) >= 11 is 0. The van der Waals surface area contributed by atoms with Crippen molar-refractivity contribution in [3.63, 3.8) is 0 Å². The first-order valence-electron chi connectivity index (χ1n) is 14.1. The molecule has 0 spiro atoms. The van der Waals surface area contributed by atoms with E-state index in [4.69, 9.17) is 10.3 Å². The molecule has 2 amide bonds. The highest BCUT2D eigenvalue weighted by molar-refractivity contribution is 5.82. The van der Waals surface area contributed by atoms with Gasteiger partial charge >= 0.3 is 6.18 Å². The second-order valence-electron chi connectivity index (χ2n) is 10.8. The van der Waals surface area contributed by atoms with Crippen molar-refractivity contribution in [3.8, 4) is 11.3 Å². The lowest BCUT2D eigenvalue weighted by Gasteiger charge is -2.41. The van der Waals surface area contributed by atoms with Crippen molar-refractivity contribution in [1.29, 1.82) is 0 Å². The van der Waals surface area contributed by atoms with Gasteiger partial charge in [-0.15, -0.1) is 0 Å². The van der Waals surface area contributed by atoms with E-state index in [0.29, 0.717) is 50.2 Å². The van der Waals surface area contributed by atoms with Crippen LogP contribution in [-0.2, 0) is 16.0 Å². The fraction of sp³-hybridized carbons (Fsp3) is 0.467. The summed E-state index contributed by atoms with van der Waals surface area (Å²) in [6, 6.07) is 14.1. The summed E-state index contributed by atoms with van der Waals surface area (Å²) < 4.78 is 44.3. The molecule has 1 aromatic carbocycles. The summed E-state index contributed by atoms with van der Waals surface area (Å²) in [6.45, 7) is 1.83. The van der Waals surface area contributed by atoms with Gasteiger partial charge in [0.2, 0.25) is 11.8 Å². The van der Waals surface area contributed by atoms with Crippen molar-refractivity contribution < 1.29 is 27.3 Å². The number of nitrogens with zero attached hydrogens (tertiary/aromatic N) is 3. The van der Waals surface area contributed by atoms with E-state index in [-0.39, 0.29) is 18.5 Å². The average molecular weight is 587 g/mol. The number of piperazine rings is 1. The molecule has 3 aromatic rings. The van der Waals surface area contributed by atoms with Gasteiger partial charge in [-0.25, -0.2) is 0 Å². The number of alkyl halides is 3. The minimum absolute atomic E-state index is 0.126. The summed E-state index contributed by atoms with van der Waals surface area (Å²) in [5.74, 6) is -1.06. The number of hydrogen-bond donors (Lipinski definition) is 3. The topological polar surface area (TPSA) is 126 Å². The molecule has 4 atom stereocenters. The van der Waals surface area contributed by atoms with Gasteiger partial charge in [-0.1, -0.05) is 48.5 Å². The van der Waals surface area contributed by atoms with Crippen molar-refractivity contribution in [1.82, 2.24) is 25.7 Å². The van der Waals surface area contributed by atoms with E-state index < -0.39 is 36.5 Å². The zero-order valence-electron chi connectivity index (χ0n) is 23.5. The Morgan fingerprint density at radius 3 is 2.67 bits per heavy atom. The van der Waals surface area contributed by atoms with Crippen LogP contribution in [0.1, 0.15) is 43.4 Å². The third-order valence-electron chi connectivity index (χ3n) is 7.68. The summed E-state index contributed by atoms with van der Waals surface area (Å²) in [7, 11) is 0. The van der Waals surface area contributed by atoms with Crippen LogP contribution < -0.4 is 16.4 Å². The van der Waals surface area contributed by atoms with Gasteiger partial charge < -0.3 is 20.9 Å². The Morgan fingerprint density at radius 1 is 1.19 bits per heavy atom. The van der Waals surface area contributed by atoms with E-state index in [1.54, 1.807) is 18.5 Å². The lowest BCUT2D eigenvalue weighted by Crippen LogP contribution is -2.61. The number of rotatable bonds is 13. The average Bonchev–Trinajstić information content (AvgIpc) is 3.48. The number of nitrogens with two attached hydrogens (primary N) is 1. The molecule has 1 aliphatic heterocycles. The Morgan fingerprint density at radius 2 is 1.98 bits per heavy atom. The first kappa shape index (κ1) is 31.2. The van der Waals surface area contributed by atoms with Crippen molar-refractivity contribution in [2.75, 3.05) is 26.2 Å². The maximum Gasteiger partial charge on any atom is 0.405 e. The van der Waals surface area contributed by atoms with Gasteiger partial charge in [-0.2, -0.15) is 13.2 Å². The standard InChI is InChI=1S/C30H37F3N6O3/c1-20(27-16-25(38-42-27)22-7-3-2-4-8-22)14-24(10-9-23(28(34)40)15-21-6-5-11-35-17-21)39-13-12-36-18-26(39)29(41)37-19-30(31,32)33/h2-8,11,16-17,20,23-24,26,36H,9-10,12-15,18-19H2,1H3,(H2,34,40)(H,37,41). The van der Waals surface area contributed by atoms with Gasteiger partial charge in [-0.05, 0) is 37.3 Å². The summed E-state index contributed by atoms with van der Waals surface area (Å²) in [5.41, 5.74) is 8.28. The predicted molar refractivity (Wildman–Crippen MR) is 151 cm³/mol. The number of carbonyl (C=O) groups excluding carboxylic acids is 2. The molecule has 1 aliphatic rings. The van der Waals surface area contributed by atoms with Gasteiger partial charge in [0, 0.05) is 61.5 Å². The SMILES string of the molecule is CC(CC(CCC(Cc1cccnc1)C(N)=O)N1CCNCC1C(=O)NCC(F)(F)F)c1cc(-c2ccccc2)no1. The Balaban J connectivity index is 1.54. The molecule has 1 fully saturated rings. The molecule has 0 saturated carbocycles. The third-order valence-corrected chi connectivity index (χ3v) is 7.68. The number of aromatic nitrogens is 2. The molecular weight excluding hydrogens is 549 g/mol. The van der Waals surface area contributed by atoms with Crippen LogP contribution in [0.4, 0.5) is 13.2 Å². The van der Waals surface area contributed by atoms with Crippen LogP contribution in [0.3, 0.4) is 0 Å². The second kappa shape index (κ2) is 14.4. The van der Waals surface area contributed by atoms with Gasteiger partial charge in [-0.3, -0.25) is 19.5 Å². The van der Waals surface area contributed by atoms with Gasteiger partial charge in [0.1, 0.15) is 24.0 Å². The molecule has 2 aromatic heterocycles. The van der Waals surface area contributed by atoms with Gasteiger partial charge in [0.15, 0.2) is 0 Å². The van der Waals surface area contributed by atoms with Crippen LogP contribution in [0.2, 0.25) is 0 Å². The number of amides is 2. The number of primary amides is 1. The Kier molecular flexibility index (Phi) is 10.7. The third kappa shape index (κ3) is 8.86. The summed E-state index contributed by atoms with van der Waals surface area (Å²) in [6.07, 6.45) is 0.730. The number of halogens is 3. The molecule has 1 saturated heterocycles. The highest BCUT2D eigenvalue weighted by Crippen LogP contribution is 2.31. The van der Waals surface area contributed by atoms with Crippen LogP contribution in [0.25, 0.3) is 11.3 Å². The van der Waals surface area contributed by atoms with E-state index in [1.807, 2.05) is 59.6 Å². The smallest absolute Gasteiger partial charge is 0.369 e. The monoisotopic (exact) mass is 586 g/mol. The van der Waals surface area contributed by atoms with Crippen LogP contribution in [0, 0.1) is 5.92 Å². The second-order valence-corrected chi connectivity index (χ2v) is 10.8. The Labute approximate surface area is 243 Å². The van der Waals surface area contributed by atoms with Crippen molar-refractivity contribution >= 4 is 11.8 Å². The van der Waals surface area contributed by atoms with Crippen LogP contribution in [-0.4, -0.2) is 71.3 Å². The lowest BCUT2D eigenvalue weighted by molar-refractivity contribution is -0.142. The number of benzene rings is 1. The molecular formula is C30H37F3N6O3. The quantitative estimate of drug-likeness (QED) is 0.279. The van der Waals surface area contributed by atoms with Crippen molar-refractivity contribution in [3.05, 3.63) is 72.2 Å². The Hall–Kier alpha value is -3.77. The first-order chi connectivity index (χ1) is 20.1. The molecule has 226 valence electrons. The van der Waals surface area contributed by atoms with E-state index in [2.05, 4.69) is 15.5 Å². The molecule has 3 heterocycles. The molecule has 12 heteroatoms. The van der Waals surface area contributed by atoms with Crippen LogP contribution in [0.15, 0.2) is 65.4 Å². The largest absolute Gasteiger partial charge is 0.405 e. The fourth-order valence-electron chi connectivity index (χ4n) is 5.46. The maximum absolute atomic E-state index is 13.0. The molecule has 4 N–H and O–H groups in total. The minimum atomic E-state index is -4.51. The van der Waals surface area contributed by atoms with Crippen LogP contribution >= 0.6 is 0 Å². The minimum Gasteiger partial charge on any atom is -0.369 e. The predicted octanol–water partition coefficient (Wildman–Crippen LogP) is 3.68. The highest BCUT2D eigenvalue weighted by Gasteiger charge is 2.37. The van der Waals surface area contributed by atoms with E-state index in [0.717, 1.165) is 11.1 Å². The molecule has 0 radical (unpaired) electrons. The number of carbonyl (C=O) groups is 2. The first-order valence-corrected chi connectivity index (χ1v) is 14.1.